The fourth-order valence-electron chi connectivity index (χ4n) is 3.90. The highest BCUT2D eigenvalue weighted by Crippen LogP contribution is 2.34. The maximum atomic E-state index is 13.2. The van der Waals surface area contributed by atoms with E-state index in [-0.39, 0.29) is 9.79 Å². The van der Waals surface area contributed by atoms with Gasteiger partial charge in [0.2, 0.25) is 9.84 Å². The number of benzene rings is 1. The van der Waals surface area contributed by atoms with E-state index in [1.54, 1.807) is 12.1 Å². The third-order valence-corrected chi connectivity index (χ3v) is 7.70. The van der Waals surface area contributed by atoms with E-state index in [1.807, 2.05) is 18.4 Å². The maximum absolute atomic E-state index is 13.2. The van der Waals surface area contributed by atoms with Gasteiger partial charge in [0.15, 0.2) is 0 Å². The molecule has 0 saturated carbocycles. The zero-order valence-electron chi connectivity index (χ0n) is 15.5. The van der Waals surface area contributed by atoms with E-state index in [9.17, 15) is 8.42 Å². The molecule has 0 spiro atoms. The van der Waals surface area contributed by atoms with E-state index in [1.165, 1.54) is 18.6 Å². The largest absolute Gasteiger partial charge is 0.384 e. The zero-order chi connectivity index (χ0) is 19.1. The summed E-state index contributed by atoms with van der Waals surface area (Å²) in [5.41, 5.74) is 8.00. The second kappa shape index (κ2) is 7.25. The fourth-order valence-corrected chi connectivity index (χ4v) is 5.69. The molecule has 1 fully saturated rings. The van der Waals surface area contributed by atoms with E-state index in [0.29, 0.717) is 16.9 Å². The molecular weight excluding hydrogens is 370 g/mol. The van der Waals surface area contributed by atoms with Gasteiger partial charge in [-0.25, -0.2) is 8.42 Å². The molecule has 1 aromatic heterocycles. The first-order valence-corrected chi connectivity index (χ1v) is 10.8. The van der Waals surface area contributed by atoms with E-state index in [2.05, 4.69) is 11.8 Å². The van der Waals surface area contributed by atoms with Gasteiger partial charge >= 0.3 is 0 Å². The Balaban J connectivity index is 2.03. The van der Waals surface area contributed by atoms with Crippen LogP contribution >= 0.6 is 11.6 Å². The van der Waals surface area contributed by atoms with Crippen molar-refractivity contribution in [1.82, 2.24) is 9.47 Å². The van der Waals surface area contributed by atoms with Gasteiger partial charge < -0.3 is 10.3 Å². The molecule has 2 heterocycles. The normalized spacial score (nSPS) is 18.5. The SMILES string of the molecule is CCN1CCCC1Cn1c(C)c(C)c(S(=O)(=O)c2ccc(Cl)cc2)c1N. The van der Waals surface area contributed by atoms with Gasteiger partial charge in [0.1, 0.15) is 10.7 Å². The van der Waals surface area contributed by atoms with Gasteiger partial charge in [-0.3, -0.25) is 4.90 Å². The second-order valence-electron chi connectivity index (χ2n) is 6.92. The first kappa shape index (κ1) is 19.3. The van der Waals surface area contributed by atoms with Crippen LogP contribution in [0.15, 0.2) is 34.1 Å². The minimum atomic E-state index is -3.69. The molecule has 0 radical (unpaired) electrons. The Kier molecular flexibility index (Phi) is 5.37. The summed E-state index contributed by atoms with van der Waals surface area (Å²) in [6.07, 6.45) is 2.29. The highest BCUT2D eigenvalue weighted by molar-refractivity contribution is 7.91. The van der Waals surface area contributed by atoms with Crippen LogP contribution in [0.1, 0.15) is 31.0 Å². The van der Waals surface area contributed by atoms with Crippen molar-refractivity contribution >= 4 is 27.3 Å². The van der Waals surface area contributed by atoms with Crippen LogP contribution < -0.4 is 5.73 Å². The summed E-state index contributed by atoms with van der Waals surface area (Å²) in [6.45, 7) is 8.75. The maximum Gasteiger partial charge on any atom is 0.210 e. The zero-order valence-corrected chi connectivity index (χ0v) is 17.1. The first-order valence-electron chi connectivity index (χ1n) is 8.97. The fraction of sp³-hybridized carbons (Fsp3) is 0.474. The molecule has 2 aromatic rings. The number of nitrogens with two attached hydrogens (primary N) is 1. The van der Waals surface area contributed by atoms with Crippen LogP contribution in [0.4, 0.5) is 5.82 Å². The number of halogens is 1. The third kappa shape index (κ3) is 3.26. The molecule has 0 amide bonds. The van der Waals surface area contributed by atoms with Gasteiger partial charge in [-0.05, 0) is 69.6 Å². The summed E-state index contributed by atoms with van der Waals surface area (Å²) >= 11 is 5.89. The summed E-state index contributed by atoms with van der Waals surface area (Å²) in [7, 11) is -3.69. The van der Waals surface area contributed by atoms with Gasteiger partial charge in [0, 0.05) is 23.3 Å². The Morgan fingerprint density at radius 3 is 2.50 bits per heavy atom. The number of hydrogen-bond acceptors (Lipinski definition) is 4. The van der Waals surface area contributed by atoms with Gasteiger partial charge in [-0.1, -0.05) is 18.5 Å². The molecule has 1 aliphatic heterocycles. The van der Waals surface area contributed by atoms with Crippen LogP contribution in [0.2, 0.25) is 5.02 Å². The quantitative estimate of drug-likeness (QED) is 0.838. The van der Waals surface area contributed by atoms with Crippen molar-refractivity contribution in [2.75, 3.05) is 18.8 Å². The van der Waals surface area contributed by atoms with Crippen molar-refractivity contribution < 1.29 is 8.42 Å². The second-order valence-corrected chi connectivity index (χ2v) is 9.24. The lowest BCUT2D eigenvalue weighted by Crippen LogP contribution is -2.33. The molecule has 1 aliphatic rings. The van der Waals surface area contributed by atoms with E-state index in [0.717, 1.165) is 37.3 Å². The molecule has 1 atom stereocenters. The smallest absolute Gasteiger partial charge is 0.210 e. The molecule has 1 aromatic carbocycles. The molecule has 7 heteroatoms. The minimum Gasteiger partial charge on any atom is -0.384 e. The predicted molar refractivity (Wildman–Crippen MR) is 105 cm³/mol. The van der Waals surface area contributed by atoms with Crippen LogP contribution in [0.25, 0.3) is 0 Å². The van der Waals surface area contributed by atoms with Crippen LogP contribution in [0.3, 0.4) is 0 Å². The highest BCUT2D eigenvalue weighted by Gasteiger charge is 2.30. The lowest BCUT2D eigenvalue weighted by atomic mass is 10.2. The minimum absolute atomic E-state index is 0.213. The molecule has 1 saturated heterocycles. The molecule has 142 valence electrons. The molecule has 5 nitrogen and oxygen atoms in total. The average Bonchev–Trinajstić information content (AvgIpc) is 3.13. The molecule has 0 bridgehead atoms. The Labute approximate surface area is 160 Å². The standard InChI is InChI=1S/C19H26ClN3O2S/c1-4-22-11-5-6-16(22)12-23-14(3)13(2)18(19(23)21)26(24,25)17-9-7-15(20)8-10-17/h7-10,16H,4-6,11-12,21H2,1-3H3. The van der Waals surface area contributed by atoms with Crippen LogP contribution in [-0.4, -0.2) is 37.0 Å². The molecule has 2 N–H and O–H groups in total. The van der Waals surface area contributed by atoms with E-state index in [4.69, 9.17) is 17.3 Å². The average molecular weight is 396 g/mol. The monoisotopic (exact) mass is 395 g/mol. The number of rotatable bonds is 5. The number of aromatic nitrogens is 1. The number of likely N-dealkylation sites (tertiary alicyclic amines) is 1. The van der Waals surface area contributed by atoms with Crippen LogP contribution in [-0.2, 0) is 16.4 Å². The summed E-state index contributed by atoms with van der Waals surface area (Å²) in [5, 5.41) is 0.503. The topological polar surface area (TPSA) is 68.3 Å². The Morgan fingerprint density at radius 1 is 1.23 bits per heavy atom. The van der Waals surface area contributed by atoms with Crippen molar-refractivity contribution in [3.8, 4) is 0 Å². The van der Waals surface area contributed by atoms with E-state index < -0.39 is 9.84 Å². The third-order valence-electron chi connectivity index (χ3n) is 5.50. The molecule has 0 aliphatic carbocycles. The number of likely N-dealkylation sites (N-methyl/N-ethyl adjacent to an activating group) is 1. The summed E-state index contributed by atoms with van der Waals surface area (Å²) in [6, 6.07) is 6.62. The van der Waals surface area contributed by atoms with Gasteiger partial charge in [-0.15, -0.1) is 0 Å². The van der Waals surface area contributed by atoms with Gasteiger partial charge in [-0.2, -0.15) is 0 Å². The van der Waals surface area contributed by atoms with Crippen molar-refractivity contribution in [1.29, 1.82) is 0 Å². The number of anilines is 1. The van der Waals surface area contributed by atoms with Crippen LogP contribution in [0, 0.1) is 13.8 Å². The summed E-state index contributed by atoms with van der Waals surface area (Å²) in [4.78, 5) is 2.87. The first-order chi connectivity index (χ1) is 12.3. The Bertz CT molecular complexity index is 904. The molecule has 1 unspecified atom stereocenters. The van der Waals surface area contributed by atoms with Gasteiger partial charge in [0.05, 0.1) is 4.90 Å². The van der Waals surface area contributed by atoms with Crippen molar-refractivity contribution in [3.63, 3.8) is 0 Å². The lowest BCUT2D eigenvalue weighted by molar-refractivity contribution is 0.244. The van der Waals surface area contributed by atoms with Crippen molar-refractivity contribution in [2.24, 2.45) is 0 Å². The number of nitrogen functional groups attached to an aromatic ring is 1. The molecular formula is C19H26ClN3O2S. The summed E-state index contributed by atoms with van der Waals surface area (Å²) < 4.78 is 28.3. The van der Waals surface area contributed by atoms with Crippen LogP contribution in [0.5, 0.6) is 0 Å². The van der Waals surface area contributed by atoms with Crippen molar-refractivity contribution in [2.45, 2.75) is 56.0 Å². The number of sulfone groups is 1. The van der Waals surface area contributed by atoms with Crippen molar-refractivity contribution in [3.05, 3.63) is 40.5 Å². The predicted octanol–water partition coefficient (Wildman–Crippen LogP) is 3.66. The van der Waals surface area contributed by atoms with Gasteiger partial charge in [0.25, 0.3) is 0 Å². The lowest BCUT2D eigenvalue weighted by Gasteiger charge is -2.24. The van der Waals surface area contributed by atoms with E-state index >= 15 is 0 Å². The highest BCUT2D eigenvalue weighted by atomic mass is 35.5. The molecule has 26 heavy (non-hydrogen) atoms. The Morgan fingerprint density at radius 2 is 1.88 bits per heavy atom. The Hall–Kier alpha value is -1.50. The molecule has 3 rings (SSSR count). The summed E-state index contributed by atoms with van der Waals surface area (Å²) in [5.74, 6) is 0.331. The number of hydrogen-bond donors (Lipinski definition) is 1. The number of nitrogens with zero attached hydrogens (tertiary/aromatic N) is 2.